The number of rotatable bonds is 16. The molecular formula is C27H52N+. The van der Waals surface area contributed by atoms with Crippen LogP contribution in [0.5, 0.6) is 0 Å². The zero-order chi connectivity index (χ0) is 20.9. The molecule has 0 aromatic heterocycles. The minimum absolute atomic E-state index is 1.05. The molecule has 1 rings (SSSR count). The Kier molecular flexibility index (Phi) is 19.1. The highest BCUT2D eigenvalue weighted by Crippen LogP contribution is 2.13. The number of likely N-dealkylation sites (N-methyl/N-ethyl adjacent to an activating group) is 1. The molecular weight excluding hydrogens is 338 g/mol. The van der Waals surface area contributed by atoms with Crippen LogP contribution in [-0.4, -0.2) is 31.7 Å². The lowest BCUT2D eigenvalue weighted by Gasteiger charge is -2.30. The first kappa shape index (κ1) is 27.3. The fourth-order valence-corrected chi connectivity index (χ4v) is 3.72. The summed E-state index contributed by atoms with van der Waals surface area (Å²) in [6.07, 6.45) is 24.3. The van der Waals surface area contributed by atoms with E-state index in [2.05, 4.69) is 52.8 Å². The summed E-state index contributed by atoms with van der Waals surface area (Å²) >= 11 is 0. The average molecular weight is 391 g/mol. The summed E-state index contributed by atoms with van der Waals surface area (Å²) in [7, 11) is 4.69. The van der Waals surface area contributed by atoms with Crippen molar-refractivity contribution in [2.45, 2.75) is 124 Å². The molecule has 0 N–H and O–H groups in total. The van der Waals surface area contributed by atoms with Gasteiger partial charge in [0.05, 0.1) is 26.2 Å². The largest absolute Gasteiger partial charge is 0.324 e. The van der Waals surface area contributed by atoms with Gasteiger partial charge in [-0.2, -0.15) is 0 Å². The molecule has 0 aromatic carbocycles. The van der Waals surface area contributed by atoms with E-state index in [4.69, 9.17) is 0 Å². The predicted molar refractivity (Wildman–Crippen MR) is 129 cm³/mol. The number of allylic oxidation sites excluding steroid dienone is 1. The molecule has 28 heavy (non-hydrogen) atoms. The highest BCUT2D eigenvalue weighted by molar-refractivity contribution is 5.32. The molecule has 0 saturated carbocycles. The van der Waals surface area contributed by atoms with Gasteiger partial charge < -0.3 is 4.48 Å². The third kappa shape index (κ3) is 18.6. The molecule has 1 aliphatic rings. The summed E-state index contributed by atoms with van der Waals surface area (Å²) in [6.45, 7) is 9.20. The Balaban J connectivity index is 0.000000769. The Labute approximate surface area is 179 Å². The van der Waals surface area contributed by atoms with Crippen LogP contribution in [-0.2, 0) is 0 Å². The van der Waals surface area contributed by atoms with Gasteiger partial charge in [0.1, 0.15) is 6.54 Å². The zero-order valence-electron chi connectivity index (χ0n) is 20.3. The number of hydrogen-bond donors (Lipinski definition) is 0. The van der Waals surface area contributed by atoms with Crippen LogP contribution >= 0.6 is 0 Å². The third-order valence-corrected chi connectivity index (χ3v) is 5.58. The summed E-state index contributed by atoms with van der Waals surface area (Å²) in [6, 6.07) is 0. The molecule has 0 heterocycles. The number of hydrogen-bond acceptors (Lipinski definition) is 0. The van der Waals surface area contributed by atoms with E-state index >= 15 is 0 Å². The van der Waals surface area contributed by atoms with E-state index in [0.717, 1.165) is 23.9 Å². The maximum atomic E-state index is 3.30. The molecule has 0 atom stereocenters. The first-order valence-corrected chi connectivity index (χ1v) is 12.6. The maximum absolute atomic E-state index is 3.30. The van der Waals surface area contributed by atoms with Gasteiger partial charge in [0.25, 0.3) is 0 Å². The molecule has 0 aliphatic heterocycles. The zero-order valence-corrected chi connectivity index (χ0v) is 20.3. The average Bonchev–Trinajstić information content (AvgIpc) is 2.68. The Morgan fingerprint density at radius 1 is 0.714 bits per heavy atom. The molecule has 0 aromatic rings. The van der Waals surface area contributed by atoms with Crippen molar-refractivity contribution in [3.63, 3.8) is 0 Å². The van der Waals surface area contributed by atoms with Gasteiger partial charge in [-0.1, -0.05) is 116 Å². The molecule has 0 radical (unpaired) electrons. The smallest absolute Gasteiger partial charge is 0.112 e. The first-order chi connectivity index (χ1) is 13.6. The van der Waals surface area contributed by atoms with Gasteiger partial charge >= 0.3 is 0 Å². The van der Waals surface area contributed by atoms with Crippen LogP contribution in [0.3, 0.4) is 0 Å². The molecule has 1 heteroatoms. The summed E-state index contributed by atoms with van der Waals surface area (Å²) in [5, 5.41) is 0. The van der Waals surface area contributed by atoms with Gasteiger partial charge in [-0.05, 0) is 19.3 Å². The van der Waals surface area contributed by atoms with Crippen LogP contribution in [0.25, 0.3) is 0 Å². The molecule has 1 aliphatic carbocycles. The lowest BCUT2D eigenvalue weighted by Crippen LogP contribution is -2.41. The van der Waals surface area contributed by atoms with Crippen molar-refractivity contribution in [1.29, 1.82) is 0 Å². The number of unbranched alkanes of at least 4 members (excludes halogenated alkanes) is 12. The maximum Gasteiger partial charge on any atom is 0.112 e. The lowest BCUT2D eigenvalue weighted by molar-refractivity contribution is -0.885. The van der Waals surface area contributed by atoms with Crippen LogP contribution in [0.2, 0.25) is 0 Å². The standard InChI is InChI=1S/C19H34N.C8H18/c1-4-5-6-7-8-9-10-14-17-20(2,3)18-19-15-12-11-13-16-19;1-3-5-7-8-6-4-2/h15H,4-12,14,17-18H2,1-3H3;3-8H2,1-2H3/q+1;. The second kappa shape index (κ2) is 19.6. The monoisotopic (exact) mass is 390 g/mol. The van der Waals surface area contributed by atoms with Crippen molar-refractivity contribution in [3.8, 4) is 11.8 Å². The van der Waals surface area contributed by atoms with Gasteiger partial charge in [-0.15, -0.1) is 0 Å². The summed E-state index contributed by atoms with van der Waals surface area (Å²) in [4.78, 5) is 0. The van der Waals surface area contributed by atoms with Crippen LogP contribution in [0.1, 0.15) is 124 Å². The van der Waals surface area contributed by atoms with Gasteiger partial charge in [0.2, 0.25) is 0 Å². The van der Waals surface area contributed by atoms with Gasteiger partial charge in [-0.25, -0.2) is 0 Å². The summed E-state index contributed by atoms with van der Waals surface area (Å²) in [5.41, 5.74) is 1.36. The second-order valence-corrected chi connectivity index (χ2v) is 9.28. The van der Waals surface area contributed by atoms with E-state index in [9.17, 15) is 0 Å². The highest BCUT2D eigenvalue weighted by Gasteiger charge is 2.16. The van der Waals surface area contributed by atoms with Crippen molar-refractivity contribution < 1.29 is 4.48 Å². The van der Waals surface area contributed by atoms with Crippen molar-refractivity contribution in [3.05, 3.63) is 11.6 Å². The minimum atomic E-state index is 1.05. The van der Waals surface area contributed by atoms with Crippen LogP contribution in [0, 0.1) is 11.8 Å². The Bertz CT molecular complexity index is 415. The molecule has 0 spiro atoms. The molecule has 164 valence electrons. The summed E-state index contributed by atoms with van der Waals surface area (Å²) < 4.78 is 1.09. The Hall–Kier alpha value is -0.740. The van der Waals surface area contributed by atoms with Crippen LogP contribution in [0.4, 0.5) is 0 Å². The highest BCUT2D eigenvalue weighted by atomic mass is 15.3. The fourth-order valence-electron chi connectivity index (χ4n) is 3.72. The summed E-state index contributed by atoms with van der Waals surface area (Å²) in [5.74, 6) is 6.53. The minimum Gasteiger partial charge on any atom is -0.324 e. The van der Waals surface area contributed by atoms with E-state index < -0.39 is 0 Å². The number of nitrogens with zero attached hydrogens (tertiary/aromatic N) is 1. The molecule has 0 unspecified atom stereocenters. The fraction of sp³-hybridized carbons (Fsp3) is 0.852. The quantitative estimate of drug-likeness (QED) is 0.141. The lowest BCUT2D eigenvalue weighted by atomic mass is 10.1. The number of quaternary nitrogens is 1. The topological polar surface area (TPSA) is 0 Å². The van der Waals surface area contributed by atoms with Gasteiger partial charge in [-0.3, -0.25) is 0 Å². The molecule has 0 amide bonds. The SMILES string of the molecule is CCCCCCCC.CCCCCCCCCC[N+](C)(C)CC1=CCCC#C1. The van der Waals surface area contributed by atoms with E-state index in [1.165, 1.54) is 102 Å². The second-order valence-electron chi connectivity index (χ2n) is 9.28. The van der Waals surface area contributed by atoms with E-state index in [-0.39, 0.29) is 0 Å². The van der Waals surface area contributed by atoms with Gasteiger partial charge in [0, 0.05) is 6.42 Å². The van der Waals surface area contributed by atoms with Crippen molar-refractivity contribution >= 4 is 0 Å². The Morgan fingerprint density at radius 2 is 1.18 bits per heavy atom. The van der Waals surface area contributed by atoms with Crippen molar-refractivity contribution in [2.24, 2.45) is 0 Å². The van der Waals surface area contributed by atoms with Crippen molar-refractivity contribution in [2.75, 3.05) is 27.2 Å². The molecule has 1 nitrogen and oxygen atoms in total. The van der Waals surface area contributed by atoms with Crippen LogP contribution in [0.15, 0.2) is 11.6 Å². The van der Waals surface area contributed by atoms with E-state index in [1.54, 1.807) is 0 Å². The van der Waals surface area contributed by atoms with Crippen molar-refractivity contribution in [1.82, 2.24) is 0 Å². The molecule has 0 bridgehead atoms. The third-order valence-electron chi connectivity index (χ3n) is 5.58. The first-order valence-electron chi connectivity index (χ1n) is 12.6. The normalized spacial score (nSPS) is 13.2. The van der Waals surface area contributed by atoms with E-state index in [0.29, 0.717) is 0 Å². The molecule has 0 fully saturated rings. The predicted octanol–water partition coefficient (Wildman–Crippen LogP) is 8.29. The van der Waals surface area contributed by atoms with E-state index in [1.807, 2.05) is 0 Å². The van der Waals surface area contributed by atoms with Crippen LogP contribution < -0.4 is 0 Å². The Morgan fingerprint density at radius 3 is 1.61 bits per heavy atom. The van der Waals surface area contributed by atoms with Gasteiger partial charge in [0.15, 0.2) is 0 Å². The molecule has 0 saturated heterocycles.